The molecule has 2 unspecified atom stereocenters. The zero-order valence-corrected chi connectivity index (χ0v) is 9.76. The van der Waals surface area contributed by atoms with E-state index in [1.807, 2.05) is 0 Å². The number of allylic oxidation sites excluding steroid dienone is 2. The summed E-state index contributed by atoms with van der Waals surface area (Å²) < 4.78 is 0. The predicted octanol–water partition coefficient (Wildman–Crippen LogP) is 4.56. The van der Waals surface area contributed by atoms with Gasteiger partial charge < -0.3 is 0 Å². The van der Waals surface area contributed by atoms with Gasteiger partial charge >= 0.3 is 0 Å². The average Bonchev–Trinajstić information content (AvgIpc) is 2.99. The van der Waals surface area contributed by atoms with Gasteiger partial charge in [0.25, 0.3) is 0 Å². The summed E-state index contributed by atoms with van der Waals surface area (Å²) >= 11 is 0. The van der Waals surface area contributed by atoms with Crippen LogP contribution in [0.3, 0.4) is 0 Å². The van der Waals surface area contributed by atoms with Gasteiger partial charge in [-0.05, 0) is 43.9 Å². The molecule has 0 aromatic rings. The maximum absolute atomic E-state index is 2.47. The minimum absolute atomic E-state index is 0.972. The van der Waals surface area contributed by atoms with Crippen molar-refractivity contribution in [2.45, 2.75) is 58.8 Å². The van der Waals surface area contributed by atoms with Crippen molar-refractivity contribution < 1.29 is 0 Å². The summed E-state index contributed by atoms with van der Waals surface area (Å²) in [6.45, 7) is 4.76. The zero-order valence-electron chi connectivity index (χ0n) is 9.76. The lowest BCUT2D eigenvalue weighted by molar-refractivity contribution is 0.300. The summed E-state index contributed by atoms with van der Waals surface area (Å²) in [6.07, 6.45) is 12.7. The Kier molecular flexibility index (Phi) is 3.30. The first kappa shape index (κ1) is 10.3. The molecule has 0 heteroatoms. The van der Waals surface area contributed by atoms with Gasteiger partial charge in [-0.3, -0.25) is 0 Å². The van der Waals surface area contributed by atoms with Gasteiger partial charge in [-0.2, -0.15) is 0 Å². The van der Waals surface area contributed by atoms with Crippen molar-refractivity contribution in [3.8, 4) is 0 Å². The molecule has 1 fully saturated rings. The molecule has 2 aliphatic rings. The predicted molar refractivity (Wildman–Crippen MR) is 62.2 cm³/mol. The fraction of sp³-hybridized carbons (Fsp3) is 0.857. The molecule has 0 aliphatic heterocycles. The molecular formula is C14H24. The van der Waals surface area contributed by atoms with Crippen molar-refractivity contribution in [3.63, 3.8) is 0 Å². The van der Waals surface area contributed by atoms with Crippen LogP contribution in [0.15, 0.2) is 11.6 Å². The molecule has 0 heterocycles. The normalized spacial score (nSPS) is 29.9. The lowest BCUT2D eigenvalue weighted by atomic mass is 9.79. The molecule has 0 amide bonds. The first-order valence-corrected chi connectivity index (χ1v) is 6.41. The minimum atomic E-state index is 0.972. The standard InChI is InChI=1S/C14H24/c1-11-3-9-14(10-4-11)12(2)5-6-13-7-8-13/h3,12-14H,4-10H2,1-2H3. The highest BCUT2D eigenvalue weighted by molar-refractivity contribution is 5.03. The van der Waals surface area contributed by atoms with E-state index in [4.69, 9.17) is 0 Å². The molecule has 0 radical (unpaired) electrons. The maximum Gasteiger partial charge on any atom is -0.0317 e. The highest BCUT2D eigenvalue weighted by Crippen LogP contribution is 2.38. The van der Waals surface area contributed by atoms with Crippen LogP contribution in [0.1, 0.15) is 58.8 Å². The van der Waals surface area contributed by atoms with Crippen molar-refractivity contribution in [1.29, 1.82) is 0 Å². The van der Waals surface area contributed by atoms with Gasteiger partial charge in [-0.25, -0.2) is 0 Å². The molecule has 14 heavy (non-hydrogen) atoms. The second-order valence-corrected chi connectivity index (χ2v) is 5.58. The number of rotatable bonds is 4. The highest BCUT2D eigenvalue weighted by Gasteiger charge is 2.24. The smallest absolute Gasteiger partial charge is 0.0317 e. The molecule has 0 saturated heterocycles. The van der Waals surface area contributed by atoms with Gasteiger partial charge in [0.15, 0.2) is 0 Å². The maximum atomic E-state index is 2.47. The number of hydrogen-bond donors (Lipinski definition) is 0. The Labute approximate surface area is 88.8 Å². The SMILES string of the molecule is CC1=CCC(C(C)CCC2CC2)CC1. The van der Waals surface area contributed by atoms with E-state index in [-0.39, 0.29) is 0 Å². The molecule has 2 atom stereocenters. The first-order chi connectivity index (χ1) is 6.75. The molecule has 0 bridgehead atoms. The second-order valence-electron chi connectivity index (χ2n) is 5.58. The van der Waals surface area contributed by atoms with Crippen LogP contribution in [0.5, 0.6) is 0 Å². The molecule has 0 spiro atoms. The quantitative estimate of drug-likeness (QED) is 0.573. The summed E-state index contributed by atoms with van der Waals surface area (Å²) in [4.78, 5) is 0. The van der Waals surface area contributed by atoms with Crippen LogP contribution in [0.25, 0.3) is 0 Å². The lowest BCUT2D eigenvalue weighted by Gasteiger charge is -2.26. The van der Waals surface area contributed by atoms with Crippen LogP contribution in [0, 0.1) is 17.8 Å². The minimum Gasteiger partial charge on any atom is -0.0853 e. The van der Waals surface area contributed by atoms with Gasteiger partial charge in [0.2, 0.25) is 0 Å². The van der Waals surface area contributed by atoms with Crippen LogP contribution in [0.4, 0.5) is 0 Å². The van der Waals surface area contributed by atoms with E-state index in [1.54, 1.807) is 5.57 Å². The van der Waals surface area contributed by atoms with Gasteiger partial charge in [-0.1, -0.05) is 44.3 Å². The third-order valence-electron chi connectivity index (χ3n) is 4.21. The van der Waals surface area contributed by atoms with Crippen molar-refractivity contribution >= 4 is 0 Å². The van der Waals surface area contributed by atoms with Crippen LogP contribution in [-0.2, 0) is 0 Å². The molecule has 0 nitrogen and oxygen atoms in total. The highest BCUT2D eigenvalue weighted by atomic mass is 14.3. The van der Waals surface area contributed by atoms with E-state index in [0.29, 0.717) is 0 Å². The third-order valence-corrected chi connectivity index (χ3v) is 4.21. The van der Waals surface area contributed by atoms with Crippen molar-refractivity contribution in [2.24, 2.45) is 17.8 Å². The van der Waals surface area contributed by atoms with Gasteiger partial charge in [-0.15, -0.1) is 0 Å². The average molecular weight is 192 g/mol. The van der Waals surface area contributed by atoms with Crippen LogP contribution in [-0.4, -0.2) is 0 Å². The van der Waals surface area contributed by atoms with E-state index in [9.17, 15) is 0 Å². The van der Waals surface area contributed by atoms with Crippen LogP contribution >= 0.6 is 0 Å². The molecule has 0 aromatic carbocycles. The largest absolute Gasteiger partial charge is 0.0853 e. The second kappa shape index (κ2) is 4.51. The van der Waals surface area contributed by atoms with Crippen molar-refractivity contribution in [3.05, 3.63) is 11.6 Å². The molecule has 2 rings (SSSR count). The molecule has 1 saturated carbocycles. The summed E-state index contributed by atoms with van der Waals surface area (Å²) in [5.74, 6) is 3.09. The van der Waals surface area contributed by atoms with E-state index in [0.717, 1.165) is 17.8 Å². The summed E-state index contributed by atoms with van der Waals surface area (Å²) in [6, 6.07) is 0. The van der Waals surface area contributed by atoms with Crippen molar-refractivity contribution in [2.75, 3.05) is 0 Å². The van der Waals surface area contributed by atoms with E-state index >= 15 is 0 Å². The Morgan fingerprint density at radius 1 is 1.36 bits per heavy atom. The molecular weight excluding hydrogens is 168 g/mol. The fourth-order valence-corrected chi connectivity index (χ4v) is 2.64. The summed E-state index contributed by atoms with van der Waals surface area (Å²) in [5.41, 5.74) is 1.62. The van der Waals surface area contributed by atoms with E-state index < -0.39 is 0 Å². The molecule has 0 aromatic heterocycles. The summed E-state index contributed by atoms with van der Waals surface area (Å²) in [7, 11) is 0. The lowest BCUT2D eigenvalue weighted by Crippen LogP contribution is -2.14. The molecule has 80 valence electrons. The van der Waals surface area contributed by atoms with Gasteiger partial charge in [0, 0.05) is 0 Å². The fourth-order valence-electron chi connectivity index (χ4n) is 2.64. The topological polar surface area (TPSA) is 0 Å². The first-order valence-electron chi connectivity index (χ1n) is 6.41. The van der Waals surface area contributed by atoms with Gasteiger partial charge in [0.05, 0.1) is 0 Å². The van der Waals surface area contributed by atoms with E-state index in [2.05, 4.69) is 19.9 Å². The monoisotopic (exact) mass is 192 g/mol. The number of hydrogen-bond acceptors (Lipinski definition) is 0. The van der Waals surface area contributed by atoms with Gasteiger partial charge in [0.1, 0.15) is 0 Å². The Morgan fingerprint density at radius 3 is 2.71 bits per heavy atom. The Balaban J connectivity index is 1.71. The molecule has 2 aliphatic carbocycles. The Bertz CT molecular complexity index is 210. The van der Waals surface area contributed by atoms with Crippen molar-refractivity contribution in [1.82, 2.24) is 0 Å². The van der Waals surface area contributed by atoms with Crippen LogP contribution in [0.2, 0.25) is 0 Å². The third kappa shape index (κ3) is 2.87. The Hall–Kier alpha value is -0.260. The zero-order chi connectivity index (χ0) is 9.97. The molecule has 0 N–H and O–H groups in total. The Morgan fingerprint density at radius 2 is 2.14 bits per heavy atom. The van der Waals surface area contributed by atoms with E-state index in [1.165, 1.54) is 44.9 Å². The summed E-state index contributed by atoms with van der Waals surface area (Å²) in [5, 5.41) is 0. The van der Waals surface area contributed by atoms with Crippen LogP contribution < -0.4 is 0 Å².